The second-order valence-corrected chi connectivity index (χ2v) is 6.81. The van der Waals surface area contributed by atoms with Gasteiger partial charge in [-0.25, -0.2) is 4.98 Å². The minimum absolute atomic E-state index is 0.483. The van der Waals surface area contributed by atoms with Gasteiger partial charge in [0.1, 0.15) is 17.3 Å². The number of benzene rings is 2. The van der Waals surface area contributed by atoms with E-state index in [-0.39, 0.29) is 0 Å². The highest BCUT2D eigenvalue weighted by Crippen LogP contribution is 2.31. The van der Waals surface area contributed by atoms with Crippen molar-refractivity contribution >= 4 is 23.1 Å². The van der Waals surface area contributed by atoms with Crippen LogP contribution < -0.4 is 20.1 Å². The third kappa shape index (κ3) is 4.34. The van der Waals surface area contributed by atoms with Crippen LogP contribution in [0, 0.1) is 27.7 Å². The van der Waals surface area contributed by atoms with Crippen LogP contribution in [0.5, 0.6) is 11.5 Å². The molecule has 0 radical (unpaired) electrons. The molecular weight excluding hydrogens is 352 g/mol. The van der Waals surface area contributed by atoms with E-state index in [2.05, 4.69) is 53.5 Å². The fourth-order valence-electron chi connectivity index (χ4n) is 3.23. The zero-order valence-electron chi connectivity index (χ0n) is 17.2. The van der Waals surface area contributed by atoms with Crippen LogP contribution in [-0.2, 0) is 0 Å². The third-order valence-corrected chi connectivity index (χ3v) is 4.44. The van der Waals surface area contributed by atoms with Crippen LogP contribution in [0.4, 0.5) is 23.1 Å². The molecule has 1 heterocycles. The van der Waals surface area contributed by atoms with Crippen LogP contribution in [0.15, 0.2) is 36.4 Å². The van der Waals surface area contributed by atoms with Gasteiger partial charge in [0.15, 0.2) is 0 Å². The molecule has 0 unspecified atom stereocenters. The molecule has 0 amide bonds. The molecule has 2 N–H and O–H groups in total. The summed E-state index contributed by atoms with van der Waals surface area (Å²) in [6.45, 7) is 8.23. The lowest BCUT2D eigenvalue weighted by atomic mass is 10.1. The smallest absolute Gasteiger partial charge is 0.229 e. The van der Waals surface area contributed by atoms with Crippen LogP contribution in [0.3, 0.4) is 0 Å². The third-order valence-electron chi connectivity index (χ3n) is 4.44. The minimum atomic E-state index is 0.483. The summed E-state index contributed by atoms with van der Waals surface area (Å²) in [5, 5.41) is 6.68. The Kier molecular flexibility index (Phi) is 5.68. The van der Waals surface area contributed by atoms with Crippen LogP contribution in [0.25, 0.3) is 0 Å². The van der Waals surface area contributed by atoms with Crippen molar-refractivity contribution in [3.63, 3.8) is 0 Å². The van der Waals surface area contributed by atoms with Crippen molar-refractivity contribution in [3.8, 4) is 11.5 Å². The molecule has 0 aliphatic carbocycles. The Morgan fingerprint density at radius 1 is 0.786 bits per heavy atom. The zero-order valence-corrected chi connectivity index (χ0v) is 17.2. The fourth-order valence-corrected chi connectivity index (χ4v) is 3.23. The second kappa shape index (κ2) is 8.17. The zero-order chi connectivity index (χ0) is 20.3. The van der Waals surface area contributed by atoms with E-state index in [1.807, 2.05) is 31.2 Å². The van der Waals surface area contributed by atoms with Gasteiger partial charge in [-0.1, -0.05) is 17.7 Å². The van der Waals surface area contributed by atoms with Gasteiger partial charge in [0.25, 0.3) is 0 Å². The number of ether oxygens (including phenoxy) is 2. The van der Waals surface area contributed by atoms with Gasteiger partial charge in [-0.15, -0.1) is 0 Å². The van der Waals surface area contributed by atoms with Crippen molar-refractivity contribution in [3.05, 3.63) is 58.8 Å². The van der Waals surface area contributed by atoms with E-state index in [4.69, 9.17) is 9.47 Å². The highest BCUT2D eigenvalue weighted by molar-refractivity contribution is 5.68. The first-order valence-corrected chi connectivity index (χ1v) is 9.09. The van der Waals surface area contributed by atoms with Gasteiger partial charge in [0.05, 0.1) is 19.9 Å². The second-order valence-electron chi connectivity index (χ2n) is 6.81. The first-order valence-electron chi connectivity index (χ1n) is 9.09. The first kappa shape index (κ1) is 19.5. The van der Waals surface area contributed by atoms with Crippen molar-refractivity contribution in [1.29, 1.82) is 0 Å². The minimum Gasteiger partial charge on any atom is -0.497 e. The molecule has 0 spiro atoms. The molecule has 6 heteroatoms. The quantitative estimate of drug-likeness (QED) is 0.613. The summed E-state index contributed by atoms with van der Waals surface area (Å²) < 4.78 is 10.7. The van der Waals surface area contributed by atoms with Crippen molar-refractivity contribution in [2.45, 2.75) is 27.7 Å². The van der Waals surface area contributed by atoms with Gasteiger partial charge in [-0.05, 0) is 51.0 Å². The highest BCUT2D eigenvalue weighted by atomic mass is 16.5. The first-order chi connectivity index (χ1) is 13.4. The standard InChI is InChI=1S/C22H26N4O2/c1-13-9-14(2)21(15(3)10-13)25-20-11-16(4)23-22(26-20)24-18-12-17(27-5)7-8-19(18)28-6/h7-12H,1-6H3,(H2,23,24,25,26). The molecular formula is C22H26N4O2. The van der Waals surface area contributed by atoms with Gasteiger partial charge >= 0.3 is 0 Å². The van der Waals surface area contributed by atoms with E-state index in [9.17, 15) is 0 Å². The Balaban J connectivity index is 1.93. The number of aromatic nitrogens is 2. The molecule has 3 aromatic rings. The van der Waals surface area contributed by atoms with E-state index < -0.39 is 0 Å². The lowest BCUT2D eigenvalue weighted by Gasteiger charge is -2.15. The molecule has 2 aromatic carbocycles. The summed E-state index contributed by atoms with van der Waals surface area (Å²) >= 11 is 0. The average molecular weight is 378 g/mol. The van der Waals surface area contributed by atoms with E-state index in [1.54, 1.807) is 14.2 Å². The van der Waals surface area contributed by atoms with Gasteiger partial charge < -0.3 is 20.1 Å². The molecule has 0 fully saturated rings. The number of hydrogen-bond donors (Lipinski definition) is 2. The van der Waals surface area contributed by atoms with Gasteiger partial charge in [-0.3, -0.25) is 0 Å². The van der Waals surface area contributed by atoms with Crippen molar-refractivity contribution in [2.75, 3.05) is 24.9 Å². The summed E-state index contributed by atoms with van der Waals surface area (Å²) in [7, 11) is 3.25. The Bertz CT molecular complexity index is 979. The number of nitrogens with zero attached hydrogens (tertiary/aromatic N) is 2. The van der Waals surface area contributed by atoms with E-state index in [1.165, 1.54) is 16.7 Å². The van der Waals surface area contributed by atoms with Crippen LogP contribution in [-0.4, -0.2) is 24.2 Å². The molecule has 3 rings (SSSR count). The molecule has 28 heavy (non-hydrogen) atoms. The number of nitrogens with one attached hydrogen (secondary N) is 2. The monoisotopic (exact) mass is 378 g/mol. The fraction of sp³-hybridized carbons (Fsp3) is 0.273. The Hall–Kier alpha value is -3.28. The summed E-state index contributed by atoms with van der Waals surface area (Å²) in [4.78, 5) is 9.13. The molecule has 0 atom stereocenters. The molecule has 0 bridgehead atoms. The predicted molar refractivity (Wildman–Crippen MR) is 114 cm³/mol. The molecule has 0 saturated carbocycles. The largest absolute Gasteiger partial charge is 0.497 e. The highest BCUT2D eigenvalue weighted by Gasteiger charge is 2.10. The molecule has 0 saturated heterocycles. The Morgan fingerprint density at radius 2 is 1.50 bits per heavy atom. The maximum Gasteiger partial charge on any atom is 0.229 e. The van der Waals surface area contributed by atoms with Crippen molar-refractivity contribution < 1.29 is 9.47 Å². The van der Waals surface area contributed by atoms with Crippen molar-refractivity contribution in [2.24, 2.45) is 0 Å². The Morgan fingerprint density at radius 3 is 2.14 bits per heavy atom. The normalized spacial score (nSPS) is 10.5. The van der Waals surface area contributed by atoms with Gasteiger partial charge in [0.2, 0.25) is 5.95 Å². The lowest BCUT2D eigenvalue weighted by molar-refractivity contribution is 0.405. The van der Waals surface area contributed by atoms with Crippen molar-refractivity contribution in [1.82, 2.24) is 9.97 Å². The maximum atomic E-state index is 5.43. The Labute approximate surface area is 166 Å². The number of anilines is 4. The topological polar surface area (TPSA) is 68.3 Å². The summed E-state index contributed by atoms with van der Waals surface area (Å²) in [6.07, 6.45) is 0. The molecule has 0 aliphatic rings. The van der Waals surface area contributed by atoms with Gasteiger partial charge in [0, 0.05) is 23.5 Å². The van der Waals surface area contributed by atoms with E-state index >= 15 is 0 Å². The SMILES string of the molecule is COc1ccc(OC)c(Nc2nc(C)cc(Nc3c(C)cc(C)cc3C)n2)c1. The van der Waals surface area contributed by atoms with Crippen LogP contribution in [0.2, 0.25) is 0 Å². The maximum absolute atomic E-state index is 5.43. The summed E-state index contributed by atoms with van der Waals surface area (Å²) in [5.74, 6) is 2.62. The van der Waals surface area contributed by atoms with Crippen LogP contribution >= 0.6 is 0 Å². The summed E-state index contributed by atoms with van der Waals surface area (Å²) in [6, 6.07) is 11.8. The van der Waals surface area contributed by atoms with Crippen LogP contribution in [0.1, 0.15) is 22.4 Å². The average Bonchev–Trinajstić information content (AvgIpc) is 2.64. The molecule has 6 nitrogen and oxygen atoms in total. The number of methoxy groups -OCH3 is 2. The van der Waals surface area contributed by atoms with Gasteiger partial charge in [-0.2, -0.15) is 4.98 Å². The molecule has 1 aromatic heterocycles. The molecule has 146 valence electrons. The number of rotatable bonds is 6. The van der Waals surface area contributed by atoms with E-state index in [0.29, 0.717) is 11.7 Å². The van der Waals surface area contributed by atoms with E-state index in [0.717, 1.165) is 28.6 Å². The molecule has 0 aliphatic heterocycles. The predicted octanol–water partition coefficient (Wildman–Crippen LogP) is 5.21. The lowest BCUT2D eigenvalue weighted by Crippen LogP contribution is -2.05. The number of aryl methyl sites for hydroxylation is 4. The summed E-state index contributed by atoms with van der Waals surface area (Å²) in [5.41, 5.74) is 6.25. The number of hydrogen-bond acceptors (Lipinski definition) is 6.